The summed E-state index contributed by atoms with van der Waals surface area (Å²) in [4.78, 5) is 26.9. The maximum absolute atomic E-state index is 12.5. The maximum Gasteiger partial charge on any atom is 0.251 e. The van der Waals surface area contributed by atoms with Gasteiger partial charge in [0.25, 0.3) is 5.91 Å². The van der Waals surface area contributed by atoms with Crippen molar-refractivity contribution in [3.63, 3.8) is 0 Å². The molecular formula is C19H22N2O2S. The fourth-order valence-corrected chi connectivity index (χ4v) is 3.32. The van der Waals surface area contributed by atoms with Crippen LogP contribution in [0.5, 0.6) is 0 Å². The topological polar surface area (TPSA) is 49.4 Å². The molecule has 4 nitrogen and oxygen atoms in total. The van der Waals surface area contributed by atoms with Crippen molar-refractivity contribution in [3.05, 3.63) is 65.7 Å². The molecule has 0 aliphatic heterocycles. The van der Waals surface area contributed by atoms with Crippen molar-refractivity contribution in [1.29, 1.82) is 0 Å². The van der Waals surface area contributed by atoms with Crippen LogP contribution >= 0.6 is 11.8 Å². The number of hydrogen-bond acceptors (Lipinski definition) is 3. The molecule has 2 amide bonds. The lowest BCUT2D eigenvalue weighted by Crippen LogP contribution is -2.32. The Morgan fingerprint density at radius 3 is 2.29 bits per heavy atom. The van der Waals surface area contributed by atoms with Gasteiger partial charge in [-0.25, -0.2) is 0 Å². The summed E-state index contributed by atoms with van der Waals surface area (Å²) in [5.74, 6) is -0.0295. The third-order valence-electron chi connectivity index (χ3n) is 3.64. The van der Waals surface area contributed by atoms with Crippen LogP contribution in [0.15, 0.2) is 59.5 Å². The van der Waals surface area contributed by atoms with Crippen LogP contribution in [0.25, 0.3) is 0 Å². The van der Waals surface area contributed by atoms with Crippen molar-refractivity contribution in [2.24, 2.45) is 0 Å². The number of hydrogen-bond donors (Lipinski definition) is 1. The Labute approximate surface area is 147 Å². The molecular weight excluding hydrogens is 320 g/mol. The monoisotopic (exact) mass is 342 g/mol. The van der Waals surface area contributed by atoms with Crippen molar-refractivity contribution in [2.75, 3.05) is 14.1 Å². The minimum Gasteiger partial charge on any atom is -0.355 e. The molecule has 2 aromatic carbocycles. The summed E-state index contributed by atoms with van der Waals surface area (Å²) in [7, 11) is 3.41. The average molecular weight is 342 g/mol. The summed E-state index contributed by atoms with van der Waals surface area (Å²) in [6.07, 6.45) is 0. The summed E-state index contributed by atoms with van der Waals surface area (Å²) in [5.41, 5.74) is 1.61. The summed E-state index contributed by atoms with van der Waals surface area (Å²) >= 11 is 1.56. The first-order chi connectivity index (χ1) is 11.5. The normalized spacial score (nSPS) is 11.6. The predicted octanol–water partition coefficient (Wildman–Crippen LogP) is 3.19. The van der Waals surface area contributed by atoms with E-state index in [0.29, 0.717) is 12.1 Å². The van der Waals surface area contributed by atoms with E-state index in [9.17, 15) is 9.59 Å². The second-order valence-electron chi connectivity index (χ2n) is 5.54. The number of carbonyl (C=O) groups excluding carboxylic acids is 2. The quantitative estimate of drug-likeness (QED) is 0.820. The number of benzene rings is 2. The molecule has 0 saturated carbocycles. The number of amides is 2. The number of nitrogens with one attached hydrogen (secondary N) is 1. The molecule has 0 fully saturated rings. The van der Waals surface area contributed by atoms with Gasteiger partial charge in [0.1, 0.15) is 0 Å². The lowest BCUT2D eigenvalue weighted by molar-refractivity contribution is -0.129. The van der Waals surface area contributed by atoms with Crippen molar-refractivity contribution >= 4 is 23.6 Å². The second kappa shape index (κ2) is 8.55. The molecule has 0 spiro atoms. The van der Waals surface area contributed by atoms with Gasteiger partial charge in [-0.05, 0) is 36.8 Å². The molecule has 0 aliphatic rings. The van der Waals surface area contributed by atoms with E-state index in [2.05, 4.69) is 5.32 Å². The SMILES string of the molecule is CNC(=O)c1ccc(CN(C)C(=O)C(C)Sc2ccccc2)cc1. The zero-order valence-electron chi connectivity index (χ0n) is 14.2. The van der Waals surface area contributed by atoms with E-state index in [1.165, 1.54) is 0 Å². The lowest BCUT2D eigenvalue weighted by atomic mass is 10.1. The van der Waals surface area contributed by atoms with Crippen molar-refractivity contribution in [3.8, 4) is 0 Å². The highest BCUT2D eigenvalue weighted by atomic mass is 32.2. The summed E-state index contributed by atoms with van der Waals surface area (Å²) < 4.78 is 0. The van der Waals surface area contributed by atoms with Gasteiger partial charge < -0.3 is 10.2 Å². The van der Waals surface area contributed by atoms with Gasteiger partial charge in [-0.15, -0.1) is 11.8 Å². The van der Waals surface area contributed by atoms with Crippen LogP contribution in [0, 0.1) is 0 Å². The Morgan fingerprint density at radius 2 is 1.71 bits per heavy atom. The van der Waals surface area contributed by atoms with E-state index in [1.807, 2.05) is 49.4 Å². The molecule has 0 aromatic heterocycles. The maximum atomic E-state index is 12.5. The van der Waals surface area contributed by atoms with Crippen LogP contribution in [0.4, 0.5) is 0 Å². The third kappa shape index (κ3) is 4.86. The zero-order valence-corrected chi connectivity index (χ0v) is 15.0. The summed E-state index contributed by atoms with van der Waals surface area (Å²) in [6, 6.07) is 17.2. The standard InChI is InChI=1S/C19H22N2O2S/c1-14(24-17-7-5-4-6-8-17)19(23)21(3)13-15-9-11-16(12-10-15)18(22)20-2/h4-12,14H,13H2,1-3H3,(H,20,22). The van der Waals surface area contributed by atoms with Crippen LogP contribution in [0.2, 0.25) is 0 Å². The Kier molecular flexibility index (Phi) is 6.44. The number of carbonyl (C=O) groups is 2. The van der Waals surface area contributed by atoms with E-state index >= 15 is 0 Å². The molecule has 0 radical (unpaired) electrons. The minimum absolute atomic E-state index is 0.0826. The molecule has 0 saturated heterocycles. The molecule has 2 rings (SSSR count). The number of rotatable bonds is 6. The van der Waals surface area contributed by atoms with E-state index in [1.54, 1.807) is 42.9 Å². The smallest absolute Gasteiger partial charge is 0.251 e. The Bertz CT molecular complexity index is 686. The van der Waals surface area contributed by atoms with Crippen molar-refractivity contribution in [2.45, 2.75) is 23.6 Å². The Balaban J connectivity index is 1.94. The Morgan fingerprint density at radius 1 is 1.08 bits per heavy atom. The third-order valence-corrected chi connectivity index (χ3v) is 4.74. The van der Waals surface area contributed by atoms with Gasteiger partial charge in [-0.1, -0.05) is 30.3 Å². The fraction of sp³-hybridized carbons (Fsp3) is 0.263. The van der Waals surface area contributed by atoms with E-state index in [4.69, 9.17) is 0 Å². The highest BCUT2D eigenvalue weighted by Crippen LogP contribution is 2.24. The van der Waals surface area contributed by atoms with Gasteiger partial charge in [0.05, 0.1) is 5.25 Å². The van der Waals surface area contributed by atoms with Gasteiger partial charge in [0.15, 0.2) is 0 Å². The molecule has 0 heterocycles. The highest BCUT2D eigenvalue weighted by Gasteiger charge is 2.18. The number of nitrogens with zero attached hydrogens (tertiary/aromatic N) is 1. The molecule has 24 heavy (non-hydrogen) atoms. The van der Waals surface area contributed by atoms with Gasteiger partial charge in [0.2, 0.25) is 5.91 Å². The van der Waals surface area contributed by atoms with Crippen LogP contribution in [0.3, 0.4) is 0 Å². The minimum atomic E-state index is -0.150. The van der Waals surface area contributed by atoms with Gasteiger partial charge >= 0.3 is 0 Å². The molecule has 1 atom stereocenters. The molecule has 126 valence electrons. The first kappa shape index (κ1) is 18.1. The second-order valence-corrected chi connectivity index (χ2v) is 6.96. The average Bonchev–Trinajstić information content (AvgIpc) is 2.61. The van der Waals surface area contributed by atoms with E-state index in [-0.39, 0.29) is 17.1 Å². The molecule has 0 aliphatic carbocycles. The molecule has 5 heteroatoms. The highest BCUT2D eigenvalue weighted by molar-refractivity contribution is 8.00. The largest absolute Gasteiger partial charge is 0.355 e. The van der Waals surface area contributed by atoms with Gasteiger partial charge in [-0.2, -0.15) is 0 Å². The van der Waals surface area contributed by atoms with Crippen LogP contribution < -0.4 is 5.32 Å². The Hall–Kier alpha value is -2.27. The van der Waals surface area contributed by atoms with Crippen molar-refractivity contribution in [1.82, 2.24) is 10.2 Å². The van der Waals surface area contributed by atoms with Gasteiger partial charge in [-0.3, -0.25) is 9.59 Å². The lowest BCUT2D eigenvalue weighted by Gasteiger charge is -2.21. The van der Waals surface area contributed by atoms with Gasteiger partial charge in [0, 0.05) is 31.1 Å². The van der Waals surface area contributed by atoms with E-state index in [0.717, 1.165) is 10.5 Å². The first-order valence-corrected chi connectivity index (χ1v) is 8.67. The van der Waals surface area contributed by atoms with E-state index < -0.39 is 0 Å². The zero-order chi connectivity index (χ0) is 17.5. The van der Waals surface area contributed by atoms with Crippen LogP contribution in [0.1, 0.15) is 22.8 Å². The molecule has 1 unspecified atom stereocenters. The summed E-state index contributed by atoms with van der Waals surface area (Å²) in [6.45, 7) is 2.44. The summed E-state index contributed by atoms with van der Waals surface area (Å²) in [5, 5.41) is 2.44. The van der Waals surface area contributed by atoms with Crippen LogP contribution in [-0.4, -0.2) is 36.1 Å². The van der Waals surface area contributed by atoms with Crippen molar-refractivity contribution < 1.29 is 9.59 Å². The predicted molar refractivity (Wildman–Crippen MR) is 98.1 cm³/mol. The molecule has 1 N–H and O–H groups in total. The first-order valence-electron chi connectivity index (χ1n) is 7.79. The molecule has 2 aromatic rings. The fourth-order valence-electron chi connectivity index (χ4n) is 2.32. The molecule has 0 bridgehead atoms. The van der Waals surface area contributed by atoms with Crippen LogP contribution in [-0.2, 0) is 11.3 Å². The number of thioether (sulfide) groups is 1.